The van der Waals surface area contributed by atoms with E-state index in [0.29, 0.717) is 82.0 Å². The Kier molecular flexibility index (Phi) is 41.0. The summed E-state index contributed by atoms with van der Waals surface area (Å²) in [6, 6.07) is 30.9. The number of anilines is 6. The molecule has 8 aromatic heterocycles. The molecule has 12 heterocycles. The van der Waals surface area contributed by atoms with E-state index >= 15 is 0 Å². The minimum atomic E-state index is 0.0451. The van der Waals surface area contributed by atoms with E-state index in [9.17, 15) is 0 Å². The first-order valence-electron chi connectivity index (χ1n) is 48.3. The molecule has 31 nitrogen and oxygen atoms in total. The Morgan fingerprint density at radius 1 is 0.307 bits per heavy atom. The molecule has 4 unspecified atom stereocenters. The van der Waals surface area contributed by atoms with Gasteiger partial charge in [0.05, 0.1) is 72.2 Å². The molecule has 0 amide bonds. The van der Waals surface area contributed by atoms with Crippen LogP contribution in [0.5, 0.6) is 46.0 Å². The van der Waals surface area contributed by atoms with Gasteiger partial charge in [-0.25, -0.2) is 59.8 Å². The molecular formula is C101H137N23O8S8. The maximum absolute atomic E-state index is 6.18. The number of likely N-dealkylation sites (tertiary alicyclic amines) is 3. The van der Waals surface area contributed by atoms with Gasteiger partial charge in [0.15, 0.2) is 66.6 Å². The maximum atomic E-state index is 6.18. The molecule has 140 heavy (non-hydrogen) atoms. The molecule has 16 rings (SSSR count). The lowest BCUT2D eigenvalue weighted by atomic mass is 10.1. The second-order valence-corrected chi connectivity index (χ2v) is 44.2. The first kappa shape index (κ1) is 107. The number of aromatic nitrogens is 12. The van der Waals surface area contributed by atoms with Gasteiger partial charge in [0, 0.05) is 130 Å². The number of nitrogens with two attached hydrogens (primary N) is 6. The summed E-state index contributed by atoms with van der Waals surface area (Å²) < 4.78 is 46.9. The van der Waals surface area contributed by atoms with Crippen molar-refractivity contribution in [1.29, 1.82) is 0 Å². The van der Waals surface area contributed by atoms with Gasteiger partial charge in [-0.2, -0.15) is 0 Å². The van der Waals surface area contributed by atoms with Crippen molar-refractivity contribution in [3.8, 4) is 88.3 Å². The van der Waals surface area contributed by atoms with Gasteiger partial charge in [-0.1, -0.05) is 94.0 Å². The van der Waals surface area contributed by atoms with Crippen molar-refractivity contribution in [3.05, 3.63) is 151 Å². The number of hydrogen-bond donors (Lipinski definition) is 6. The van der Waals surface area contributed by atoms with Crippen molar-refractivity contribution in [2.45, 2.75) is 188 Å². The zero-order valence-corrected chi connectivity index (χ0v) is 89.9. The normalized spacial score (nSPS) is 15.1. The summed E-state index contributed by atoms with van der Waals surface area (Å²) in [6.45, 7) is 38.7. The first-order valence-corrected chi connectivity index (χ1v) is 55.0. The standard InChI is InChI=1S/C26H35N5O2S2.C25H35N7O2S2.C25H34N6O2S2.C25H33N5O2S2/c1-5-8-22-24(18(3)34-26-28-17(2)15-23(27)29-26)30-25(35-22)19-9-10-20(32-4)21(16-19)33-14-13-31-11-6-7-12-31;1-5-20-23(16(2)35-25-28-21(26)15-22(27)29-25)30-24(36-20)17-6-7-18(33-4)19(14-17)34-13-12-32-10-8-31(3)9-11-32;1-4-20-23(16(2)34-25-28-21(26)15-22(27)29-25)30-24(35-20)17-8-9-18(32-3)19(14-17)33-13-12-31-10-6-5-7-11-31;1-5-7-21-23(17(3)33-25-27-16(2)14-22(26)28-25)29-24(34-21)18-8-9-19(31-4)20(15-18)32-13-12-30-10-6-11-30/h9-10,15-16,18H,5-8,11-14H2,1-4H3,(H2,27,28,29);6-7,14-16H,5,8-13H2,1-4H3,(H4,26,27,28,29);8-9,14-16H,4-7,10-13H2,1-3H3,(H4,26,27,28,29);8-9,14-15,17H,5-7,10-13H2,1-4H3,(H2,26,27,28). The van der Waals surface area contributed by atoms with Crippen LogP contribution in [-0.4, -0.2) is 238 Å². The number of thioether (sulfide) groups is 4. The number of ether oxygens (including phenoxy) is 8. The monoisotopic (exact) mass is 2060 g/mol. The van der Waals surface area contributed by atoms with Crippen LogP contribution in [0.1, 0.15) is 181 Å². The van der Waals surface area contributed by atoms with Crippen molar-refractivity contribution >= 4 is 127 Å². The molecule has 39 heteroatoms. The summed E-state index contributed by atoms with van der Waals surface area (Å²) in [5.74, 6) is 8.44. The number of piperazine rings is 1. The van der Waals surface area contributed by atoms with Crippen molar-refractivity contribution in [3.63, 3.8) is 0 Å². The van der Waals surface area contributed by atoms with Gasteiger partial charge in [-0.3, -0.25) is 19.6 Å². The van der Waals surface area contributed by atoms with Crippen LogP contribution in [0, 0.1) is 13.8 Å². The highest BCUT2D eigenvalue weighted by Crippen LogP contribution is 2.48. The summed E-state index contributed by atoms with van der Waals surface area (Å²) in [6.07, 6.45) is 13.6. The molecule has 4 fully saturated rings. The minimum absolute atomic E-state index is 0.0451. The minimum Gasteiger partial charge on any atom is -0.493 e. The van der Waals surface area contributed by atoms with Crippen LogP contribution in [0.15, 0.2) is 118 Å². The smallest absolute Gasteiger partial charge is 0.192 e. The molecule has 0 saturated carbocycles. The third kappa shape index (κ3) is 30.8. The number of aryl methyl sites for hydroxylation is 6. The Bertz CT molecular complexity index is 5890. The van der Waals surface area contributed by atoms with Gasteiger partial charge in [-0.15, -0.1) is 45.3 Å². The Labute approximate surface area is 857 Å². The average Bonchev–Trinajstić information content (AvgIpc) is 1.60. The van der Waals surface area contributed by atoms with Crippen molar-refractivity contribution in [1.82, 2.24) is 84.3 Å². The zero-order chi connectivity index (χ0) is 99.3. The molecule has 12 aromatic rings. The van der Waals surface area contributed by atoms with E-state index in [2.05, 4.69) is 151 Å². The Morgan fingerprint density at radius 2 is 0.564 bits per heavy atom. The van der Waals surface area contributed by atoms with E-state index in [0.717, 1.165) is 226 Å². The number of nitrogen functional groups attached to an aromatic ring is 6. The van der Waals surface area contributed by atoms with E-state index < -0.39 is 0 Å². The Balaban J connectivity index is 0.000000157. The topological polar surface area (TPSA) is 401 Å². The van der Waals surface area contributed by atoms with Crippen LogP contribution in [0.4, 0.5) is 34.9 Å². The molecule has 4 atom stereocenters. The number of hydrogen-bond acceptors (Lipinski definition) is 39. The second-order valence-electron chi connectivity index (χ2n) is 34.6. The van der Waals surface area contributed by atoms with E-state index in [1.54, 1.807) is 122 Å². The maximum Gasteiger partial charge on any atom is 0.192 e. The fraction of sp³-hybridized carbons (Fsp3) is 0.485. The molecule has 4 aliphatic rings. The highest BCUT2D eigenvalue weighted by molar-refractivity contribution is 8.00. The predicted octanol–water partition coefficient (Wildman–Crippen LogP) is 20.0. The number of likely N-dealkylation sites (N-methyl/N-ethyl adjacent to an activating group) is 1. The van der Waals surface area contributed by atoms with Crippen LogP contribution in [0.2, 0.25) is 0 Å². The van der Waals surface area contributed by atoms with E-state index in [4.69, 9.17) is 92.2 Å². The number of methoxy groups -OCH3 is 4. The predicted molar refractivity (Wildman–Crippen MR) is 577 cm³/mol. The number of rotatable bonds is 42. The summed E-state index contributed by atoms with van der Waals surface area (Å²) in [5, 5.41) is 6.69. The van der Waals surface area contributed by atoms with E-state index in [1.807, 2.05) is 62.4 Å². The van der Waals surface area contributed by atoms with Crippen molar-refractivity contribution in [2.24, 2.45) is 0 Å². The molecule has 12 N–H and O–H groups in total. The summed E-state index contributed by atoms with van der Waals surface area (Å²) in [7, 11) is 8.87. The average molecular weight is 2060 g/mol. The second kappa shape index (κ2) is 53.5. The van der Waals surface area contributed by atoms with Crippen molar-refractivity contribution in [2.75, 3.05) is 188 Å². The largest absolute Gasteiger partial charge is 0.493 e. The lowest BCUT2D eigenvalue weighted by Crippen LogP contribution is -2.45. The van der Waals surface area contributed by atoms with Gasteiger partial charge in [0.25, 0.3) is 0 Å². The third-order valence-corrected chi connectivity index (χ3v) is 32.6. The molecule has 4 saturated heterocycles. The fourth-order valence-corrected chi connectivity index (χ4v) is 25.2. The van der Waals surface area contributed by atoms with Gasteiger partial charge in [-0.05, 0) is 218 Å². The number of nitrogens with zero attached hydrogens (tertiary/aromatic N) is 17. The van der Waals surface area contributed by atoms with Crippen LogP contribution < -0.4 is 72.3 Å². The van der Waals surface area contributed by atoms with Gasteiger partial charge in [0.1, 0.15) is 81.4 Å². The first-order chi connectivity index (χ1) is 67.7. The molecule has 0 aliphatic carbocycles. The summed E-state index contributed by atoms with van der Waals surface area (Å²) in [5.41, 5.74) is 45.3. The zero-order valence-electron chi connectivity index (χ0n) is 83.4. The number of benzene rings is 4. The summed E-state index contributed by atoms with van der Waals surface area (Å²) in [4.78, 5) is 72.5. The Morgan fingerprint density at radius 3 is 0.829 bits per heavy atom. The molecule has 0 bridgehead atoms. The quantitative estimate of drug-likeness (QED) is 0.0153. The van der Waals surface area contributed by atoms with Crippen LogP contribution in [0.25, 0.3) is 42.3 Å². The highest BCUT2D eigenvalue weighted by Gasteiger charge is 2.29. The molecule has 0 radical (unpaired) electrons. The van der Waals surface area contributed by atoms with E-state index in [-0.39, 0.29) is 21.0 Å². The van der Waals surface area contributed by atoms with Gasteiger partial charge in [0.2, 0.25) is 0 Å². The van der Waals surface area contributed by atoms with Crippen molar-refractivity contribution < 1.29 is 37.9 Å². The SMILES string of the molecule is CCCc1sc(-c2ccc(OC)c(OCCN3CCC3)c2)nc1C(C)Sc1nc(C)cc(N)n1.CCCc1sc(-c2ccc(OC)c(OCCN3CCCC3)c2)nc1C(C)Sc1nc(C)cc(N)n1.CCc1sc(-c2ccc(OC)c(OCCN3CCCCC3)c2)nc1C(C)Sc1nc(N)cc(N)n1.CCc1sc(-c2ccc(OC)c(OCCN3CCN(C)CC3)c2)nc1C(C)Sc1nc(N)cc(N)n1. The summed E-state index contributed by atoms with van der Waals surface area (Å²) >= 11 is 13.1. The fourth-order valence-electron chi connectivity index (χ4n) is 16.4. The van der Waals surface area contributed by atoms with Crippen LogP contribution in [-0.2, 0) is 25.7 Å². The lowest BCUT2D eigenvalue weighted by molar-refractivity contribution is 0.133. The highest BCUT2D eigenvalue weighted by atomic mass is 32.2. The molecule has 0 spiro atoms. The molecule has 752 valence electrons. The third-order valence-electron chi connectivity index (χ3n) is 23.9. The lowest BCUT2D eigenvalue weighted by Gasteiger charge is -2.32. The molecular weight excluding hydrogens is 1920 g/mol. The van der Waals surface area contributed by atoms with E-state index in [1.165, 1.54) is 108 Å². The van der Waals surface area contributed by atoms with Gasteiger partial charge >= 0.3 is 0 Å². The Hall–Kier alpha value is -9.88. The molecule has 4 aliphatic heterocycles. The number of thiazole rings is 4. The van der Waals surface area contributed by atoms with Gasteiger partial charge < -0.3 is 77.2 Å². The van der Waals surface area contributed by atoms with Crippen LogP contribution in [0.3, 0.4) is 0 Å². The van der Waals surface area contributed by atoms with Crippen LogP contribution >= 0.6 is 92.4 Å². The number of piperidine rings is 1. The molecule has 4 aromatic carbocycles.